The lowest BCUT2D eigenvalue weighted by molar-refractivity contribution is 0.102. The van der Waals surface area contributed by atoms with Crippen molar-refractivity contribution in [1.82, 2.24) is 4.31 Å². The van der Waals surface area contributed by atoms with Crippen LogP contribution in [0.15, 0.2) is 47.4 Å². The first-order valence-electron chi connectivity index (χ1n) is 9.17. The highest BCUT2D eigenvalue weighted by atomic mass is 35.5. The van der Waals surface area contributed by atoms with Gasteiger partial charge in [0, 0.05) is 37.8 Å². The van der Waals surface area contributed by atoms with Gasteiger partial charge in [-0.25, -0.2) is 12.7 Å². The van der Waals surface area contributed by atoms with E-state index in [4.69, 9.17) is 11.6 Å². The second-order valence-corrected chi connectivity index (χ2v) is 9.56. The number of hydrogen-bond acceptors (Lipinski definition) is 4. The highest BCUT2D eigenvalue weighted by Crippen LogP contribution is 2.31. The Morgan fingerprint density at radius 3 is 2.29 bits per heavy atom. The zero-order valence-corrected chi connectivity index (χ0v) is 17.6. The van der Waals surface area contributed by atoms with Crippen molar-refractivity contribution in [3.8, 4) is 0 Å². The minimum Gasteiger partial charge on any atom is -0.370 e. The Labute approximate surface area is 171 Å². The highest BCUT2D eigenvalue weighted by Gasteiger charge is 2.19. The van der Waals surface area contributed by atoms with Crippen LogP contribution in [0.2, 0.25) is 5.02 Å². The van der Waals surface area contributed by atoms with Gasteiger partial charge in [0.2, 0.25) is 10.0 Å². The number of nitrogens with one attached hydrogen (secondary N) is 1. The zero-order chi connectivity index (χ0) is 20.3. The maximum atomic E-state index is 12.7. The van der Waals surface area contributed by atoms with Crippen LogP contribution in [-0.2, 0) is 10.0 Å². The van der Waals surface area contributed by atoms with Crippen molar-refractivity contribution in [3.63, 3.8) is 0 Å². The van der Waals surface area contributed by atoms with E-state index in [0.717, 1.165) is 35.9 Å². The Kier molecular flexibility index (Phi) is 6.27. The molecule has 0 radical (unpaired) electrons. The smallest absolute Gasteiger partial charge is 0.255 e. The van der Waals surface area contributed by atoms with Crippen molar-refractivity contribution in [1.29, 1.82) is 0 Å². The first-order valence-corrected chi connectivity index (χ1v) is 11.0. The molecule has 2 aromatic carbocycles. The molecule has 150 valence electrons. The third kappa shape index (κ3) is 4.48. The van der Waals surface area contributed by atoms with E-state index in [1.165, 1.54) is 44.8 Å². The number of piperidine rings is 1. The quantitative estimate of drug-likeness (QED) is 0.796. The van der Waals surface area contributed by atoms with E-state index < -0.39 is 10.0 Å². The number of amides is 1. The normalized spacial score (nSPS) is 14.9. The standard InChI is InChI=1S/C20H24ClN3O3S/c1-23(2)28(26,27)17-9-6-15(7-10-17)20(25)22-18-14-16(21)8-11-19(18)24-12-4-3-5-13-24/h6-11,14H,3-5,12-13H2,1-2H3,(H,22,25). The van der Waals surface area contributed by atoms with Crippen LogP contribution < -0.4 is 10.2 Å². The summed E-state index contributed by atoms with van der Waals surface area (Å²) in [6.45, 7) is 1.89. The molecule has 3 rings (SSSR count). The van der Waals surface area contributed by atoms with Crippen molar-refractivity contribution in [2.75, 3.05) is 37.4 Å². The molecule has 28 heavy (non-hydrogen) atoms. The van der Waals surface area contributed by atoms with Gasteiger partial charge in [0.25, 0.3) is 5.91 Å². The molecule has 0 unspecified atom stereocenters. The molecule has 1 aliphatic heterocycles. The molecule has 0 spiro atoms. The molecule has 1 aliphatic rings. The van der Waals surface area contributed by atoms with Crippen molar-refractivity contribution in [2.24, 2.45) is 0 Å². The molecule has 6 nitrogen and oxygen atoms in total. The fourth-order valence-corrected chi connectivity index (χ4v) is 4.28. The maximum absolute atomic E-state index is 12.7. The van der Waals surface area contributed by atoms with E-state index in [1.54, 1.807) is 6.07 Å². The zero-order valence-electron chi connectivity index (χ0n) is 16.0. The molecule has 1 N–H and O–H groups in total. The number of carbonyl (C=O) groups excluding carboxylic acids is 1. The lowest BCUT2D eigenvalue weighted by atomic mass is 10.1. The molecule has 1 fully saturated rings. The number of halogens is 1. The molecule has 0 bridgehead atoms. The van der Waals surface area contributed by atoms with Crippen LogP contribution in [0.25, 0.3) is 0 Å². The van der Waals surface area contributed by atoms with Crippen molar-refractivity contribution >= 4 is 38.9 Å². The Balaban J connectivity index is 1.82. The summed E-state index contributed by atoms with van der Waals surface area (Å²) in [7, 11) is -0.589. The maximum Gasteiger partial charge on any atom is 0.255 e. The van der Waals surface area contributed by atoms with Crippen LogP contribution >= 0.6 is 11.6 Å². The predicted molar refractivity (Wildman–Crippen MR) is 113 cm³/mol. The van der Waals surface area contributed by atoms with Gasteiger partial charge in [-0.15, -0.1) is 0 Å². The highest BCUT2D eigenvalue weighted by molar-refractivity contribution is 7.89. The summed E-state index contributed by atoms with van der Waals surface area (Å²) in [4.78, 5) is 15.1. The number of carbonyl (C=O) groups is 1. The van der Waals surface area contributed by atoms with Gasteiger partial charge in [-0.1, -0.05) is 11.6 Å². The second kappa shape index (κ2) is 8.51. The number of nitrogens with zero attached hydrogens (tertiary/aromatic N) is 2. The fraction of sp³-hybridized carbons (Fsp3) is 0.350. The van der Waals surface area contributed by atoms with Gasteiger partial charge in [-0.05, 0) is 61.7 Å². The number of hydrogen-bond donors (Lipinski definition) is 1. The van der Waals surface area contributed by atoms with Crippen molar-refractivity contribution in [2.45, 2.75) is 24.2 Å². The Bertz CT molecular complexity index is 953. The summed E-state index contributed by atoms with van der Waals surface area (Å²) in [5.74, 6) is -0.311. The van der Waals surface area contributed by atoms with Gasteiger partial charge in [-0.3, -0.25) is 4.79 Å². The van der Waals surface area contributed by atoms with Gasteiger partial charge in [0.05, 0.1) is 16.3 Å². The molecular formula is C20H24ClN3O3S. The van der Waals surface area contributed by atoms with Gasteiger partial charge >= 0.3 is 0 Å². The molecule has 0 atom stereocenters. The summed E-state index contributed by atoms with van der Waals surface area (Å²) in [6.07, 6.45) is 3.46. The first-order chi connectivity index (χ1) is 13.3. The molecule has 1 amide bonds. The van der Waals surface area contributed by atoms with Crippen LogP contribution in [0.4, 0.5) is 11.4 Å². The van der Waals surface area contributed by atoms with E-state index in [2.05, 4.69) is 10.2 Å². The summed E-state index contributed by atoms with van der Waals surface area (Å²) in [5, 5.41) is 3.47. The third-order valence-corrected chi connectivity index (χ3v) is 6.86. The predicted octanol–water partition coefficient (Wildman–Crippen LogP) is 3.83. The van der Waals surface area contributed by atoms with E-state index in [-0.39, 0.29) is 10.8 Å². The SMILES string of the molecule is CN(C)S(=O)(=O)c1ccc(C(=O)Nc2cc(Cl)ccc2N2CCCCC2)cc1. The van der Waals surface area contributed by atoms with Crippen LogP contribution in [0.1, 0.15) is 29.6 Å². The van der Waals surface area contributed by atoms with E-state index in [0.29, 0.717) is 16.3 Å². The number of sulfonamides is 1. The molecule has 1 saturated heterocycles. The number of benzene rings is 2. The monoisotopic (exact) mass is 421 g/mol. The van der Waals surface area contributed by atoms with Crippen LogP contribution in [-0.4, -0.2) is 45.8 Å². The topological polar surface area (TPSA) is 69.7 Å². The average Bonchev–Trinajstić information content (AvgIpc) is 2.68. The van der Waals surface area contributed by atoms with Gasteiger partial charge < -0.3 is 10.2 Å². The van der Waals surface area contributed by atoms with Gasteiger partial charge in [0.1, 0.15) is 0 Å². The fourth-order valence-electron chi connectivity index (χ4n) is 3.20. The minimum absolute atomic E-state index is 0.144. The largest absolute Gasteiger partial charge is 0.370 e. The van der Waals surface area contributed by atoms with Crippen LogP contribution in [0, 0.1) is 0 Å². The lowest BCUT2D eigenvalue weighted by Crippen LogP contribution is -2.30. The molecule has 0 aromatic heterocycles. The summed E-state index contributed by atoms with van der Waals surface area (Å²) in [5.41, 5.74) is 1.98. The molecule has 0 aliphatic carbocycles. The average molecular weight is 422 g/mol. The summed E-state index contributed by atoms with van der Waals surface area (Å²) < 4.78 is 25.5. The molecule has 2 aromatic rings. The number of anilines is 2. The molecule has 0 saturated carbocycles. The first kappa shape index (κ1) is 20.6. The van der Waals surface area contributed by atoms with Crippen molar-refractivity contribution in [3.05, 3.63) is 53.1 Å². The van der Waals surface area contributed by atoms with Crippen LogP contribution in [0.5, 0.6) is 0 Å². The van der Waals surface area contributed by atoms with Gasteiger partial charge in [0.15, 0.2) is 0 Å². The Morgan fingerprint density at radius 2 is 1.68 bits per heavy atom. The van der Waals surface area contributed by atoms with E-state index in [9.17, 15) is 13.2 Å². The van der Waals surface area contributed by atoms with E-state index >= 15 is 0 Å². The lowest BCUT2D eigenvalue weighted by Gasteiger charge is -2.30. The third-order valence-electron chi connectivity index (χ3n) is 4.80. The minimum atomic E-state index is -3.53. The molecule has 8 heteroatoms. The van der Waals surface area contributed by atoms with E-state index in [1.807, 2.05) is 12.1 Å². The Hall–Kier alpha value is -2.09. The van der Waals surface area contributed by atoms with Crippen molar-refractivity contribution < 1.29 is 13.2 Å². The summed E-state index contributed by atoms with van der Waals surface area (Å²) >= 11 is 6.14. The van der Waals surface area contributed by atoms with Crippen LogP contribution in [0.3, 0.4) is 0 Å². The van der Waals surface area contributed by atoms with Gasteiger partial charge in [-0.2, -0.15) is 0 Å². The second-order valence-electron chi connectivity index (χ2n) is 6.98. The Morgan fingerprint density at radius 1 is 1.04 bits per heavy atom. The number of rotatable bonds is 5. The summed E-state index contributed by atoms with van der Waals surface area (Å²) in [6, 6.07) is 11.4. The molecule has 1 heterocycles. The molecular weight excluding hydrogens is 398 g/mol.